The molecule has 2 atom stereocenters. The van der Waals surface area contributed by atoms with E-state index in [1.807, 2.05) is 0 Å². The maximum absolute atomic E-state index is 2.63. The first-order valence-electron chi connectivity index (χ1n) is 21.2. The molecule has 0 saturated carbocycles. The molecule has 290 valence electrons. The molecular weight excluding hydrogens is 713 g/mol. The van der Waals surface area contributed by atoms with Gasteiger partial charge in [0.1, 0.15) is 0 Å². The van der Waals surface area contributed by atoms with Crippen LogP contribution in [0.15, 0.2) is 200 Å². The van der Waals surface area contributed by atoms with Crippen molar-refractivity contribution in [2.75, 3.05) is 9.80 Å². The van der Waals surface area contributed by atoms with Gasteiger partial charge in [-0.1, -0.05) is 169 Å². The summed E-state index contributed by atoms with van der Waals surface area (Å²) in [6, 6.07) is 65.5. The molecule has 1 spiro atoms. The van der Waals surface area contributed by atoms with Gasteiger partial charge in [0.2, 0.25) is 0 Å². The van der Waals surface area contributed by atoms with Gasteiger partial charge < -0.3 is 9.80 Å². The normalized spacial score (nSPS) is 17.2. The Morgan fingerprint density at radius 1 is 0.424 bits per heavy atom. The van der Waals surface area contributed by atoms with Crippen LogP contribution in [0.25, 0.3) is 11.1 Å². The molecule has 3 aliphatic rings. The maximum atomic E-state index is 2.63. The molecule has 7 aromatic carbocycles. The fourth-order valence-corrected chi connectivity index (χ4v) is 10.1. The summed E-state index contributed by atoms with van der Waals surface area (Å²) < 4.78 is 0. The Balaban J connectivity index is 1.29. The Morgan fingerprint density at radius 2 is 0.864 bits per heavy atom. The zero-order valence-electron chi connectivity index (χ0n) is 35.0. The van der Waals surface area contributed by atoms with Crippen LogP contribution >= 0.6 is 0 Å². The van der Waals surface area contributed by atoms with Crippen molar-refractivity contribution in [1.82, 2.24) is 0 Å². The average molecular weight is 765 g/mol. The van der Waals surface area contributed by atoms with Crippen molar-refractivity contribution in [3.8, 4) is 11.1 Å². The third-order valence-corrected chi connectivity index (χ3v) is 13.0. The van der Waals surface area contributed by atoms with Gasteiger partial charge in [0.15, 0.2) is 0 Å². The van der Waals surface area contributed by atoms with Crippen LogP contribution in [-0.4, -0.2) is 0 Å². The molecule has 0 saturated heterocycles. The highest BCUT2D eigenvalue weighted by Crippen LogP contribution is 2.67. The Kier molecular flexibility index (Phi) is 8.69. The van der Waals surface area contributed by atoms with Crippen LogP contribution in [0.1, 0.15) is 80.8 Å². The second kappa shape index (κ2) is 13.9. The zero-order chi connectivity index (χ0) is 40.5. The number of anilines is 5. The number of fused-ring (bicyclic) bond motifs is 10. The SMILES string of the molecule is CC(C)(C)c1ccc2c(c1)C1(c3cc(C(C)(C)C)ccc3-2)c2cc(N(c3ccccc3)c3ccccc3)ccc2C2C=CC(N(c3ccccc3)c3ccccc3)=CC21. The molecule has 0 bridgehead atoms. The fraction of sp³-hybridized carbons (Fsp3) is 0.193. The predicted octanol–water partition coefficient (Wildman–Crippen LogP) is 15.1. The smallest absolute Gasteiger partial charge is 0.0539 e. The molecule has 2 nitrogen and oxygen atoms in total. The molecule has 7 aromatic rings. The predicted molar refractivity (Wildman–Crippen MR) is 249 cm³/mol. The van der Waals surface area contributed by atoms with Gasteiger partial charge in [0.05, 0.1) is 5.41 Å². The summed E-state index contributed by atoms with van der Waals surface area (Å²) in [5, 5.41) is 0. The zero-order valence-corrected chi connectivity index (χ0v) is 35.0. The minimum Gasteiger partial charge on any atom is -0.311 e. The van der Waals surface area contributed by atoms with Gasteiger partial charge in [-0.2, -0.15) is 0 Å². The second-order valence-corrected chi connectivity index (χ2v) is 18.6. The van der Waals surface area contributed by atoms with E-state index in [0.29, 0.717) is 0 Å². The molecule has 3 aliphatic carbocycles. The van der Waals surface area contributed by atoms with E-state index in [1.165, 1.54) is 50.2 Å². The highest BCUT2D eigenvalue weighted by Gasteiger charge is 2.58. The fourth-order valence-electron chi connectivity index (χ4n) is 10.1. The Hall–Kier alpha value is -6.38. The van der Waals surface area contributed by atoms with Gasteiger partial charge in [-0.05, 0) is 122 Å². The van der Waals surface area contributed by atoms with Crippen LogP contribution in [0.5, 0.6) is 0 Å². The molecule has 0 heterocycles. The molecule has 0 aromatic heterocycles. The number of benzene rings is 7. The Labute approximate surface area is 350 Å². The number of allylic oxidation sites excluding steroid dienone is 3. The molecule has 2 unspecified atom stereocenters. The van der Waals surface area contributed by atoms with E-state index in [9.17, 15) is 0 Å². The lowest BCUT2D eigenvalue weighted by molar-refractivity contribution is 0.459. The maximum Gasteiger partial charge on any atom is 0.0539 e. The Bertz CT molecular complexity index is 2590. The number of rotatable bonds is 6. The highest BCUT2D eigenvalue weighted by molar-refractivity contribution is 5.88. The van der Waals surface area contributed by atoms with Gasteiger partial charge in [0.25, 0.3) is 0 Å². The van der Waals surface area contributed by atoms with Crippen LogP contribution in [0.4, 0.5) is 28.4 Å². The summed E-state index contributed by atoms with van der Waals surface area (Å²) in [4.78, 5) is 4.86. The monoisotopic (exact) mass is 764 g/mol. The molecule has 0 fully saturated rings. The van der Waals surface area contributed by atoms with Gasteiger partial charge in [0, 0.05) is 46.0 Å². The van der Waals surface area contributed by atoms with Crippen molar-refractivity contribution in [1.29, 1.82) is 0 Å². The summed E-state index contributed by atoms with van der Waals surface area (Å²) >= 11 is 0. The number of hydrogen-bond donors (Lipinski definition) is 0. The van der Waals surface area contributed by atoms with Gasteiger partial charge >= 0.3 is 0 Å². The van der Waals surface area contributed by atoms with E-state index >= 15 is 0 Å². The molecule has 2 heteroatoms. The second-order valence-electron chi connectivity index (χ2n) is 18.6. The van der Waals surface area contributed by atoms with E-state index in [1.54, 1.807) is 0 Å². The highest BCUT2D eigenvalue weighted by atomic mass is 15.2. The lowest BCUT2D eigenvalue weighted by Crippen LogP contribution is -2.35. The van der Waals surface area contributed by atoms with Crippen molar-refractivity contribution in [3.63, 3.8) is 0 Å². The number of hydrogen-bond acceptors (Lipinski definition) is 2. The van der Waals surface area contributed by atoms with Crippen molar-refractivity contribution < 1.29 is 0 Å². The first kappa shape index (κ1) is 36.9. The van der Waals surface area contributed by atoms with Crippen LogP contribution in [-0.2, 0) is 16.2 Å². The largest absolute Gasteiger partial charge is 0.311 e. The van der Waals surface area contributed by atoms with E-state index < -0.39 is 5.41 Å². The van der Waals surface area contributed by atoms with Gasteiger partial charge in [-0.25, -0.2) is 0 Å². The molecule has 0 N–H and O–H groups in total. The first-order valence-corrected chi connectivity index (χ1v) is 21.2. The standard InChI is InChI=1S/C57H52N2/c1-55(2,3)39-27-31-47-48-32-28-40(56(4,5)6)36-52(48)57(51(47)35-39)53-37-45(58(41-19-11-7-12-20-41)42-21-13-8-14-22-42)29-33-49(53)50-34-30-46(38-54(50)57)59(43-23-15-9-16-24-43)44-25-17-10-18-26-44/h7-38,49,53H,1-6H3. The minimum atomic E-state index is -0.461. The molecule has 59 heavy (non-hydrogen) atoms. The van der Waals surface area contributed by atoms with Crippen LogP contribution in [0, 0.1) is 5.92 Å². The van der Waals surface area contributed by atoms with Crippen molar-refractivity contribution in [2.45, 2.75) is 63.7 Å². The van der Waals surface area contributed by atoms with Crippen molar-refractivity contribution in [2.24, 2.45) is 5.92 Å². The molecule has 10 rings (SSSR count). The molecule has 0 amide bonds. The summed E-state index contributed by atoms with van der Waals surface area (Å²) in [5.41, 5.74) is 17.5. The van der Waals surface area contributed by atoms with Crippen LogP contribution < -0.4 is 9.80 Å². The number of nitrogens with zero attached hydrogens (tertiary/aromatic N) is 2. The average Bonchev–Trinajstić information content (AvgIpc) is 3.71. The van der Waals surface area contributed by atoms with Crippen LogP contribution in [0.3, 0.4) is 0 Å². The summed E-state index contributed by atoms with van der Waals surface area (Å²) in [6.45, 7) is 14.1. The summed E-state index contributed by atoms with van der Waals surface area (Å²) in [6.07, 6.45) is 7.52. The number of para-hydroxylation sites is 4. The minimum absolute atomic E-state index is 0.0213. The topological polar surface area (TPSA) is 6.48 Å². The van der Waals surface area contributed by atoms with E-state index in [4.69, 9.17) is 0 Å². The quantitative estimate of drug-likeness (QED) is 0.166. The van der Waals surface area contributed by atoms with E-state index in [-0.39, 0.29) is 22.7 Å². The molecule has 0 radical (unpaired) electrons. The molecule has 0 aliphatic heterocycles. The van der Waals surface area contributed by atoms with Crippen LogP contribution in [0.2, 0.25) is 0 Å². The van der Waals surface area contributed by atoms with E-state index in [0.717, 1.165) is 28.4 Å². The molecular formula is C57H52N2. The third kappa shape index (κ3) is 5.99. The van der Waals surface area contributed by atoms with E-state index in [2.05, 4.69) is 245 Å². The van der Waals surface area contributed by atoms with Crippen molar-refractivity contribution >= 4 is 28.4 Å². The summed E-state index contributed by atoms with van der Waals surface area (Å²) in [5.74, 6) is 0.281. The first-order chi connectivity index (χ1) is 28.5. The lowest BCUT2D eigenvalue weighted by atomic mass is 9.64. The third-order valence-electron chi connectivity index (χ3n) is 13.0. The van der Waals surface area contributed by atoms with Gasteiger partial charge in [-0.15, -0.1) is 0 Å². The van der Waals surface area contributed by atoms with Gasteiger partial charge in [-0.3, -0.25) is 0 Å². The van der Waals surface area contributed by atoms with Crippen molar-refractivity contribution in [3.05, 3.63) is 233 Å². The summed E-state index contributed by atoms with van der Waals surface area (Å²) in [7, 11) is 0. The lowest BCUT2D eigenvalue weighted by Gasteiger charge is -2.39. The Morgan fingerprint density at radius 3 is 1.31 bits per heavy atom.